The number of hydrazone groups is 1. The highest BCUT2D eigenvalue weighted by Crippen LogP contribution is 2.27. The normalized spacial score (nSPS) is 10.9. The molecule has 194 valence electrons. The topological polar surface area (TPSA) is 75.6 Å². The predicted octanol–water partition coefficient (Wildman–Crippen LogP) is 7.51. The van der Waals surface area contributed by atoms with E-state index in [0.29, 0.717) is 12.2 Å². The number of thiazole rings is 1. The Morgan fingerprint density at radius 3 is 2.38 bits per heavy atom. The summed E-state index contributed by atoms with van der Waals surface area (Å²) >= 11 is 1.54. The number of nitrogens with one attached hydrogen (secondary N) is 2. The minimum Gasteiger partial charge on any atom is -0.489 e. The van der Waals surface area contributed by atoms with Gasteiger partial charge in [-0.15, -0.1) is 11.3 Å². The Labute approximate surface area is 232 Å². The number of hydrogen-bond acceptors (Lipinski definition) is 6. The van der Waals surface area contributed by atoms with Gasteiger partial charge in [0, 0.05) is 22.2 Å². The van der Waals surface area contributed by atoms with Crippen LogP contribution < -0.4 is 15.5 Å². The molecule has 0 radical (unpaired) electrons. The predicted molar refractivity (Wildman–Crippen MR) is 159 cm³/mol. The van der Waals surface area contributed by atoms with Gasteiger partial charge < -0.3 is 10.1 Å². The summed E-state index contributed by atoms with van der Waals surface area (Å²) < 4.78 is 5.90. The Balaban J connectivity index is 1.14. The van der Waals surface area contributed by atoms with Crippen LogP contribution >= 0.6 is 11.3 Å². The lowest BCUT2D eigenvalue weighted by Gasteiger charge is -2.07. The van der Waals surface area contributed by atoms with Gasteiger partial charge in [-0.3, -0.25) is 4.79 Å². The van der Waals surface area contributed by atoms with Crippen LogP contribution in [0.2, 0.25) is 0 Å². The van der Waals surface area contributed by atoms with Crippen molar-refractivity contribution in [1.29, 1.82) is 0 Å². The number of rotatable bonds is 9. The van der Waals surface area contributed by atoms with Gasteiger partial charge in [0.1, 0.15) is 12.4 Å². The van der Waals surface area contributed by atoms with Gasteiger partial charge in [0.2, 0.25) is 0 Å². The maximum Gasteiger partial charge on any atom is 0.271 e. The summed E-state index contributed by atoms with van der Waals surface area (Å²) in [5.41, 5.74) is 10.2. The summed E-state index contributed by atoms with van der Waals surface area (Å²) in [6.07, 6.45) is 1.60. The van der Waals surface area contributed by atoms with Crippen molar-refractivity contribution in [2.24, 2.45) is 5.10 Å². The van der Waals surface area contributed by atoms with Crippen molar-refractivity contribution >= 4 is 34.3 Å². The second-order valence-corrected chi connectivity index (χ2v) is 10.0. The molecule has 5 rings (SSSR count). The van der Waals surface area contributed by atoms with Crippen LogP contribution in [0.1, 0.15) is 32.6 Å². The van der Waals surface area contributed by atoms with E-state index in [1.165, 1.54) is 22.5 Å². The van der Waals surface area contributed by atoms with Crippen LogP contribution in [0.3, 0.4) is 0 Å². The van der Waals surface area contributed by atoms with Gasteiger partial charge in [0.25, 0.3) is 5.91 Å². The average molecular weight is 533 g/mol. The van der Waals surface area contributed by atoms with E-state index in [0.717, 1.165) is 39.0 Å². The summed E-state index contributed by atoms with van der Waals surface area (Å²) in [6, 6.07) is 31.3. The molecule has 0 unspecified atom stereocenters. The number of nitrogens with zero attached hydrogens (tertiary/aromatic N) is 2. The average Bonchev–Trinajstić information content (AvgIpc) is 3.43. The maximum absolute atomic E-state index is 12.6. The summed E-state index contributed by atoms with van der Waals surface area (Å²) in [7, 11) is 0. The van der Waals surface area contributed by atoms with E-state index in [1.54, 1.807) is 18.3 Å². The van der Waals surface area contributed by atoms with Crippen LogP contribution in [-0.4, -0.2) is 17.1 Å². The molecule has 2 N–H and O–H groups in total. The summed E-state index contributed by atoms with van der Waals surface area (Å²) in [5.74, 6) is 0.449. The number of carbonyl (C=O) groups excluding carboxylic acids is 1. The number of hydrogen-bond donors (Lipinski definition) is 2. The Hall–Kier alpha value is -4.75. The zero-order valence-corrected chi connectivity index (χ0v) is 22.5. The number of ether oxygens (including phenoxy) is 1. The molecule has 1 amide bonds. The van der Waals surface area contributed by atoms with E-state index in [4.69, 9.17) is 4.74 Å². The van der Waals surface area contributed by atoms with Crippen LogP contribution in [0.25, 0.3) is 11.3 Å². The fourth-order valence-electron chi connectivity index (χ4n) is 3.78. The third-order valence-electron chi connectivity index (χ3n) is 6.01. The van der Waals surface area contributed by atoms with Crippen LogP contribution in [0.5, 0.6) is 5.75 Å². The van der Waals surface area contributed by atoms with Crippen LogP contribution in [-0.2, 0) is 6.61 Å². The molecule has 1 heterocycles. The van der Waals surface area contributed by atoms with Crippen LogP contribution in [0, 0.1) is 13.8 Å². The van der Waals surface area contributed by atoms with Crippen LogP contribution in [0.4, 0.5) is 10.8 Å². The van der Waals surface area contributed by atoms with Crippen molar-refractivity contribution in [3.63, 3.8) is 0 Å². The highest BCUT2D eigenvalue weighted by atomic mass is 32.1. The zero-order chi connectivity index (χ0) is 27.0. The lowest BCUT2D eigenvalue weighted by atomic mass is 10.1. The van der Waals surface area contributed by atoms with E-state index < -0.39 is 0 Å². The molecular formula is C32H28N4O2S. The molecule has 0 bridgehead atoms. The first kappa shape index (κ1) is 25.9. The SMILES string of the molecule is Cc1ccc(COc2cccc(/C=N\NC(=O)c3ccc(-c4csc(Nc5ccc(C)cc5)n4)cc3)c2)cc1. The van der Waals surface area contributed by atoms with Crippen LogP contribution in [0.15, 0.2) is 108 Å². The molecular weight excluding hydrogens is 504 g/mol. The Morgan fingerprint density at radius 1 is 0.923 bits per heavy atom. The van der Waals surface area contributed by atoms with E-state index in [1.807, 2.05) is 53.9 Å². The number of aryl methyl sites for hydroxylation is 2. The lowest BCUT2D eigenvalue weighted by molar-refractivity contribution is 0.0955. The third-order valence-corrected chi connectivity index (χ3v) is 6.77. The van der Waals surface area contributed by atoms with Gasteiger partial charge in [0.05, 0.1) is 11.9 Å². The molecule has 0 saturated carbocycles. The summed E-state index contributed by atoms with van der Waals surface area (Å²) in [5, 5.41) is 10.3. The van der Waals surface area contributed by atoms with Crippen molar-refractivity contribution < 1.29 is 9.53 Å². The fraction of sp³-hybridized carbons (Fsp3) is 0.0938. The number of anilines is 2. The molecule has 0 atom stereocenters. The standard InChI is InChI=1S/C32H28N4O2S/c1-22-6-10-24(11-7-22)20-38-29-5-3-4-25(18-29)19-33-36-31(37)27-14-12-26(13-15-27)30-21-39-32(35-30)34-28-16-8-23(2)9-17-28/h3-19,21H,20H2,1-2H3,(H,34,35)(H,36,37)/b33-19-. The van der Waals surface area contributed by atoms with E-state index in [2.05, 4.69) is 71.1 Å². The largest absolute Gasteiger partial charge is 0.489 e. The highest BCUT2D eigenvalue weighted by molar-refractivity contribution is 7.14. The molecule has 0 aliphatic rings. The van der Waals surface area contributed by atoms with Crippen molar-refractivity contribution in [1.82, 2.24) is 10.4 Å². The van der Waals surface area contributed by atoms with E-state index in [-0.39, 0.29) is 5.91 Å². The minimum absolute atomic E-state index is 0.287. The van der Waals surface area contributed by atoms with Gasteiger partial charge >= 0.3 is 0 Å². The second-order valence-electron chi connectivity index (χ2n) is 9.15. The van der Waals surface area contributed by atoms with Crippen molar-refractivity contribution in [3.05, 3.63) is 130 Å². The highest BCUT2D eigenvalue weighted by Gasteiger charge is 2.08. The van der Waals surface area contributed by atoms with Gasteiger partial charge in [0.15, 0.2) is 5.13 Å². The minimum atomic E-state index is -0.287. The Morgan fingerprint density at radius 2 is 1.64 bits per heavy atom. The van der Waals surface area contributed by atoms with Gasteiger partial charge in [-0.2, -0.15) is 5.10 Å². The molecule has 0 spiro atoms. The molecule has 0 fully saturated rings. The summed E-state index contributed by atoms with van der Waals surface area (Å²) in [4.78, 5) is 17.3. The molecule has 0 aliphatic carbocycles. The smallest absolute Gasteiger partial charge is 0.271 e. The van der Waals surface area contributed by atoms with E-state index in [9.17, 15) is 4.79 Å². The van der Waals surface area contributed by atoms with Crippen molar-refractivity contribution in [3.8, 4) is 17.0 Å². The van der Waals surface area contributed by atoms with Gasteiger partial charge in [-0.25, -0.2) is 10.4 Å². The van der Waals surface area contributed by atoms with Gasteiger partial charge in [-0.05, 0) is 61.4 Å². The maximum atomic E-state index is 12.6. The second kappa shape index (κ2) is 12.2. The first-order valence-electron chi connectivity index (χ1n) is 12.5. The Bertz CT molecular complexity index is 1570. The third kappa shape index (κ3) is 7.18. The molecule has 0 aliphatic heterocycles. The fourth-order valence-corrected chi connectivity index (χ4v) is 4.52. The molecule has 4 aromatic carbocycles. The molecule has 6 nitrogen and oxygen atoms in total. The molecule has 39 heavy (non-hydrogen) atoms. The first-order chi connectivity index (χ1) is 19.0. The molecule has 5 aromatic rings. The molecule has 1 aromatic heterocycles. The molecule has 7 heteroatoms. The quantitative estimate of drug-likeness (QED) is 0.152. The van der Waals surface area contributed by atoms with E-state index >= 15 is 0 Å². The molecule has 0 saturated heterocycles. The summed E-state index contributed by atoms with van der Waals surface area (Å²) in [6.45, 7) is 4.61. The lowest BCUT2D eigenvalue weighted by Crippen LogP contribution is -2.17. The van der Waals surface area contributed by atoms with Crippen molar-refractivity contribution in [2.45, 2.75) is 20.5 Å². The number of benzene rings is 4. The van der Waals surface area contributed by atoms with Gasteiger partial charge in [-0.1, -0.05) is 71.8 Å². The Kier molecular flexibility index (Phi) is 8.09. The number of amides is 1. The monoisotopic (exact) mass is 532 g/mol. The number of carbonyl (C=O) groups is 1. The zero-order valence-electron chi connectivity index (χ0n) is 21.7. The number of aromatic nitrogens is 1. The van der Waals surface area contributed by atoms with Crippen molar-refractivity contribution in [2.75, 3.05) is 5.32 Å². The first-order valence-corrected chi connectivity index (χ1v) is 13.4.